The largest absolute Gasteiger partial charge is 0.496 e. The summed E-state index contributed by atoms with van der Waals surface area (Å²) in [6, 6.07) is 13.1. The number of methoxy groups -OCH3 is 1. The van der Waals surface area contributed by atoms with Gasteiger partial charge < -0.3 is 19.7 Å². The predicted molar refractivity (Wildman–Crippen MR) is 97.8 cm³/mol. The summed E-state index contributed by atoms with van der Waals surface area (Å²) in [5.74, 6) is 0.396. The highest BCUT2D eigenvalue weighted by atomic mass is 19.1. The summed E-state index contributed by atoms with van der Waals surface area (Å²) in [7, 11) is 1.61. The Kier molecular flexibility index (Phi) is 6.07. The third kappa shape index (κ3) is 4.73. The third-order valence-corrected chi connectivity index (χ3v) is 4.38. The molecule has 3 rings (SSSR count). The lowest BCUT2D eigenvalue weighted by Gasteiger charge is -2.26. The van der Waals surface area contributed by atoms with E-state index in [2.05, 4.69) is 5.32 Å². The van der Waals surface area contributed by atoms with E-state index in [1.54, 1.807) is 24.1 Å². The topological polar surface area (TPSA) is 50.8 Å². The number of hydrogen-bond acceptors (Lipinski definition) is 3. The van der Waals surface area contributed by atoms with Crippen molar-refractivity contribution in [3.8, 4) is 5.75 Å². The summed E-state index contributed by atoms with van der Waals surface area (Å²) in [6.45, 7) is 1.62. The third-order valence-electron chi connectivity index (χ3n) is 4.38. The van der Waals surface area contributed by atoms with Crippen LogP contribution in [0.1, 0.15) is 18.4 Å². The molecule has 2 aromatic rings. The molecule has 1 N–H and O–H groups in total. The molecule has 5 nitrogen and oxygen atoms in total. The standard InChI is InChI=1S/C20H23FN2O3/c1-25-19-7-3-2-5-15(19)13-23(14-18-6-4-12-26-18)20(24)22-17-10-8-16(21)9-11-17/h2-3,5,7-11,18H,4,6,12-14H2,1H3,(H,22,24). The molecule has 1 aliphatic heterocycles. The maximum atomic E-state index is 13.1. The summed E-state index contributed by atoms with van der Waals surface area (Å²) in [5.41, 5.74) is 1.47. The number of para-hydroxylation sites is 1. The number of carbonyl (C=O) groups excluding carboxylic acids is 1. The zero-order valence-corrected chi connectivity index (χ0v) is 14.8. The Balaban J connectivity index is 1.75. The van der Waals surface area contributed by atoms with Gasteiger partial charge in [0.2, 0.25) is 0 Å². The van der Waals surface area contributed by atoms with Crippen molar-refractivity contribution in [1.29, 1.82) is 0 Å². The second kappa shape index (κ2) is 8.67. The smallest absolute Gasteiger partial charge is 0.322 e. The maximum absolute atomic E-state index is 13.1. The zero-order valence-electron chi connectivity index (χ0n) is 14.8. The normalized spacial score (nSPS) is 16.3. The molecular weight excluding hydrogens is 335 g/mol. The van der Waals surface area contributed by atoms with Crippen LogP contribution in [0.25, 0.3) is 0 Å². The van der Waals surface area contributed by atoms with Gasteiger partial charge in [-0.1, -0.05) is 18.2 Å². The molecular formula is C20H23FN2O3. The summed E-state index contributed by atoms with van der Waals surface area (Å²) < 4.78 is 24.2. The molecule has 26 heavy (non-hydrogen) atoms. The molecule has 6 heteroatoms. The van der Waals surface area contributed by atoms with Crippen molar-refractivity contribution in [1.82, 2.24) is 4.90 Å². The number of amides is 2. The molecule has 2 amide bonds. The molecule has 0 spiro atoms. The predicted octanol–water partition coefficient (Wildman–Crippen LogP) is 4.05. The second-order valence-electron chi connectivity index (χ2n) is 6.26. The quantitative estimate of drug-likeness (QED) is 0.848. The number of nitrogens with zero attached hydrogens (tertiary/aromatic N) is 1. The van der Waals surface area contributed by atoms with Gasteiger partial charge in [-0.2, -0.15) is 0 Å². The molecule has 1 saturated heterocycles. The minimum absolute atomic E-state index is 0.0312. The number of rotatable bonds is 6. The van der Waals surface area contributed by atoms with Crippen LogP contribution in [0.2, 0.25) is 0 Å². The van der Waals surface area contributed by atoms with Crippen LogP contribution in [0.4, 0.5) is 14.9 Å². The fourth-order valence-corrected chi connectivity index (χ4v) is 3.03. The molecule has 1 aliphatic rings. The molecule has 0 radical (unpaired) electrons. The number of carbonyl (C=O) groups is 1. The molecule has 1 atom stereocenters. The van der Waals surface area contributed by atoms with Crippen molar-refractivity contribution in [2.45, 2.75) is 25.5 Å². The minimum Gasteiger partial charge on any atom is -0.496 e. The number of ether oxygens (including phenoxy) is 2. The van der Waals surface area contributed by atoms with E-state index in [0.29, 0.717) is 18.8 Å². The highest BCUT2D eigenvalue weighted by Crippen LogP contribution is 2.22. The Hall–Kier alpha value is -2.60. The van der Waals surface area contributed by atoms with Crippen molar-refractivity contribution < 1.29 is 18.7 Å². The molecule has 0 aromatic heterocycles. The summed E-state index contributed by atoms with van der Waals surface area (Å²) in [4.78, 5) is 14.5. The van der Waals surface area contributed by atoms with Crippen molar-refractivity contribution in [2.24, 2.45) is 0 Å². The van der Waals surface area contributed by atoms with E-state index in [-0.39, 0.29) is 18.0 Å². The van der Waals surface area contributed by atoms with Crippen molar-refractivity contribution in [3.05, 3.63) is 59.9 Å². The van der Waals surface area contributed by atoms with E-state index >= 15 is 0 Å². The van der Waals surface area contributed by atoms with Crippen LogP contribution < -0.4 is 10.1 Å². The SMILES string of the molecule is COc1ccccc1CN(CC1CCCO1)C(=O)Nc1ccc(F)cc1. The Morgan fingerprint density at radius 3 is 2.73 bits per heavy atom. The molecule has 1 unspecified atom stereocenters. The average Bonchev–Trinajstić information content (AvgIpc) is 3.16. The van der Waals surface area contributed by atoms with Gasteiger partial charge in [0, 0.05) is 24.4 Å². The zero-order chi connectivity index (χ0) is 18.4. The molecule has 138 valence electrons. The van der Waals surface area contributed by atoms with E-state index in [9.17, 15) is 9.18 Å². The van der Waals surface area contributed by atoms with Gasteiger partial charge in [0.05, 0.1) is 19.8 Å². The van der Waals surface area contributed by atoms with Crippen LogP contribution in [0.3, 0.4) is 0 Å². The van der Waals surface area contributed by atoms with Gasteiger partial charge in [0.15, 0.2) is 0 Å². The van der Waals surface area contributed by atoms with Gasteiger partial charge in [-0.3, -0.25) is 0 Å². The van der Waals surface area contributed by atoms with Gasteiger partial charge in [0.1, 0.15) is 11.6 Å². The first kappa shape index (κ1) is 18.2. The number of urea groups is 1. The van der Waals surface area contributed by atoms with Crippen LogP contribution in [0.15, 0.2) is 48.5 Å². The van der Waals surface area contributed by atoms with Crippen molar-refractivity contribution >= 4 is 11.7 Å². The highest BCUT2D eigenvalue weighted by molar-refractivity contribution is 5.89. The number of hydrogen-bond donors (Lipinski definition) is 1. The van der Waals surface area contributed by atoms with Crippen molar-refractivity contribution in [3.63, 3.8) is 0 Å². The van der Waals surface area contributed by atoms with Gasteiger partial charge in [-0.25, -0.2) is 9.18 Å². The number of benzene rings is 2. The van der Waals surface area contributed by atoms with Gasteiger partial charge >= 0.3 is 6.03 Å². The van der Waals surface area contributed by atoms with Crippen LogP contribution in [0.5, 0.6) is 5.75 Å². The Morgan fingerprint density at radius 1 is 1.27 bits per heavy atom. The summed E-state index contributed by atoms with van der Waals surface area (Å²) in [5, 5.41) is 2.82. The lowest BCUT2D eigenvalue weighted by Crippen LogP contribution is -2.39. The minimum atomic E-state index is -0.340. The molecule has 0 bridgehead atoms. The lowest BCUT2D eigenvalue weighted by molar-refractivity contribution is 0.0817. The van der Waals surface area contributed by atoms with Gasteiger partial charge in [-0.05, 0) is 43.2 Å². The van der Waals surface area contributed by atoms with Gasteiger partial charge in [-0.15, -0.1) is 0 Å². The maximum Gasteiger partial charge on any atom is 0.322 e. The highest BCUT2D eigenvalue weighted by Gasteiger charge is 2.23. The second-order valence-corrected chi connectivity index (χ2v) is 6.26. The molecule has 0 saturated carbocycles. The monoisotopic (exact) mass is 358 g/mol. The van der Waals surface area contributed by atoms with E-state index in [4.69, 9.17) is 9.47 Å². The number of halogens is 1. The first-order valence-electron chi connectivity index (χ1n) is 8.70. The van der Waals surface area contributed by atoms with E-state index < -0.39 is 0 Å². The van der Waals surface area contributed by atoms with Crippen LogP contribution in [-0.2, 0) is 11.3 Å². The van der Waals surface area contributed by atoms with E-state index in [1.807, 2.05) is 24.3 Å². The summed E-state index contributed by atoms with van der Waals surface area (Å²) in [6.07, 6.45) is 1.97. The molecule has 1 fully saturated rings. The lowest BCUT2D eigenvalue weighted by atomic mass is 10.1. The van der Waals surface area contributed by atoms with E-state index in [0.717, 1.165) is 30.8 Å². The Bertz CT molecular complexity index is 730. The van der Waals surface area contributed by atoms with Gasteiger partial charge in [0.25, 0.3) is 0 Å². The van der Waals surface area contributed by atoms with Crippen LogP contribution in [-0.4, -0.2) is 37.3 Å². The van der Waals surface area contributed by atoms with Crippen LogP contribution >= 0.6 is 0 Å². The Morgan fingerprint density at radius 2 is 2.04 bits per heavy atom. The molecule has 2 aromatic carbocycles. The number of anilines is 1. The van der Waals surface area contributed by atoms with E-state index in [1.165, 1.54) is 12.1 Å². The first-order chi connectivity index (χ1) is 12.7. The first-order valence-corrected chi connectivity index (χ1v) is 8.70. The van der Waals surface area contributed by atoms with Crippen molar-refractivity contribution in [2.75, 3.05) is 25.6 Å². The molecule has 1 heterocycles. The average molecular weight is 358 g/mol. The molecule has 0 aliphatic carbocycles. The fraction of sp³-hybridized carbons (Fsp3) is 0.350. The van der Waals surface area contributed by atoms with Crippen LogP contribution in [0, 0.1) is 5.82 Å². The fourth-order valence-electron chi connectivity index (χ4n) is 3.03. The number of nitrogens with one attached hydrogen (secondary N) is 1. The summed E-state index contributed by atoms with van der Waals surface area (Å²) >= 11 is 0. The Labute approximate surface area is 152 Å².